The van der Waals surface area contributed by atoms with Crippen LogP contribution in [0.1, 0.15) is 43.3 Å². The van der Waals surface area contributed by atoms with Crippen LogP contribution in [0.4, 0.5) is 0 Å². The molecule has 5 nitrogen and oxygen atoms in total. The van der Waals surface area contributed by atoms with Crippen LogP contribution in [0.5, 0.6) is 5.75 Å². The number of likely N-dealkylation sites (tertiary alicyclic amines) is 1. The number of piperidine rings is 1. The van der Waals surface area contributed by atoms with E-state index in [1.54, 1.807) is 18.4 Å². The highest BCUT2D eigenvalue weighted by Crippen LogP contribution is 2.32. The lowest BCUT2D eigenvalue weighted by Crippen LogP contribution is -2.43. The zero-order valence-electron chi connectivity index (χ0n) is 16.4. The fourth-order valence-electron chi connectivity index (χ4n) is 3.63. The van der Waals surface area contributed by atoms with Crippen LogP contribution in [-0.4, -0.2) is 36.0 Å². The molecule has 0 spiro atoms. The lowest BCUT2D eigenvalue weighted by atomic mass is 9.90. The van der Waals surface area contributed by atoms with Gasteiger partial charge in [-0.3, -0.25) is 9.69 Å². The van der Waals surface area contributed by atoms with E-state index in [1.807, 2.05) is 37.6 Å². The van der Waals surface area contributed by atoms with Crippen molar-refractivity contribution in [3.63, 3.8) is 0 Å². The first-order valence-electron chi connectivity index (χ1n) is 9.62. The molecule has 1 amide bonds. The molecular formula is C21H29N3O2S. The van der Waals surface area contributed by atoms with Crippen LogP contribution < -0.4 is 10.1 Å². The summed E-state index contributed by atoms with van der Waals surface area (Å²) in [6.07, 6.45) is 4.07. The van der Waals surface area contributed by atoms with Gasteiger partial charge < -0.3 is 10.1 Å². The van der Waals surface area contributed by atoms with Gasteiger partial charge in [0.25, 0.3) is 0 Å². The number of methoxy groups -OCH3 is 1. The fourth-order valence-corrected chi connectivity index (χ4v) is 4.41. The number of nitrogens with zero attached hydrogens (tertiary/aromatic N) is 2. The number of hydrogen-bond donors (Lipinski definition) is 1. The molecule has 146 valence electrons. The highest BCUT2D eigenvalue weighted by Gasteiger charge is 2.31. The normalized spacial score (nSPS) is 19.0. The summed E-state index contributed by atoms with van der Waals surface area (Å²) in [5.74, 6) is 1.34. The molecule has 1 N–H and O–H groups in total. The SMILES string of the molecule is COc1cccc(CN2CCC[C@@H]([C@H](NC(=O)C(C)C)c3nccs3)C2)c1. The Balaban J connectivity index is 1.70. The number of carbonyl (C=O) groups excluding carboxylic acids is 1. The van der Waals surface area contributed by atoms with Crippen LogP contribution in [0.3, 0.4) is 0 Å². The van der Waals surface area contributed by atoms with E-state index in [0.717, 1.165) is 43.2 Å². The van der Waals surface area contributed by atoms with Gasteiger partial charge in [0, 0.05) is 30.6 Å². The Morgan fingerprint density at radius 3 is 3.00 bits per heavy atom. The third-order valence-electron chi connectivity index (χ3n) is 5.09. The van der Waals surface area contributed by atoms with E-state index in [2.05, 4.69) is 27.3 Å². The molecule has 1 fully saturated rings. The molecular weight excluding hydrogens is 358 g/mol. The predicted octanol–water partition coefficient (Wildman–Crippen LogP) is 3.88. The van der Waals surface area contributed by atoms with E-state index in [-0.39, 0.29) is 17.9 Å². The average molecular weight is 388 g/mol. The van der Waals surface area contributed by atoms with Crippen molar-refractivity contribution in [3.05, 3.63) is 46.4 Å². The topological polar surface area (TPSA) is 54.5 Å². The van der Waals surface area contributed by atoms with E-state index in [0.29, 0.717) is 5.92 Å². The zero-order chi connectivity index (χ0) is 19.2. The summed E-state index contributed by atoms with van der Waals surface area (Å²) in [6, 6.07) is 8.25. The largest absolute Gasteiger partial charge is 0.497 e. The number of rotatable bonds is 7. The van der Waals surface area contributed by atoms with Crippen molar-refractivity contribution in [2.45, 2.75) is 39.3 Å². The van der Waals surface area contributed by atoms with Gasteiger partial charge >= 0.3 is 0 Å². The van der Waals surface area contributed by atoms with E-state index in [9.17, 15) is 4.79 Å². The molecule has 0 bridgehead atoms. The van der Waals surface area contributed by atoms with Crippen molar-refractivity contribution in [3.8, 4) is 5.75 Å². The van der Waals surface area contributed by atoms with E-state index in [1.165, 1.54) is 5.56 Å². The standard InChI is InChI=1S/C21H29N3O2S/c1-15(2)20(25)23-19(21-22-9-11-27-21)17-7-5-10-24(14-17)13-16-6-4-8-18(12-16)26-3/h4,6,8-9,11-12,15,17,19H,5,7,10,13-14H2,1-3H3,(H,23,25)/t17-,19+/m1/s1. The first kappa shape index (κ1) is 19.8. The molecule has 2 aromatic rings. The van der Waals surface area contributed by atoms with Crippen molar-refractivity contribution in [1.29, 1.82) is 0 Å². The summed E-state index contributed by atoms with van der Waals surface area (Å²) >= 11 is 1.63. The van der Waals surface area contributed by atoms with Crippen molar-refractivity contribution in [2.24, 2.45) is 11.8 Å². The quantitative estimate of drug-likeness (QED) is 0.783. The highest BCUT2D eigenvalue weighted by atomic mass is 32.1. The number of nitrogens with one attached hydrogen (secondary N) is 1. The Bertz CT molecular complexity index is 733. The van der Waals surface area contributed by atoms with E-state index >= 15 is 0 Å². The molecule has 1 aromatic carbocycles. The Hall–Kier alpha value is -1.92. The van der Waals surface area contributed by atoms with Gasteiger partial charge in [0.15, 0.2) is 0 Å². The van der Waals surface area contributed by atoms with Gasteiger partial charge in [-0.05, 0) is 43.0 Å². The minimum absolute atomic E-state index is 0.00647. The molecule has 1 aliphatic heterocycles. The number of aromatic nitrogens is 1. The molecule has 0 aliphatic carbocycles. The van der Waals surface area contributed by atoms with Gasteiger partial charge in [-0.2, -0.15) is 0 Å². The number of carbonyl (C=O) groups is 1. The maximum Gasteiger partial charge on any atom is 0.223 e. The summed E-state index contributed by atoms with van der Waals surface area (Å²) in [6.45, 7) is 6.81. The van der Waals surface area contributed by atoms with Gasteiger partial charge in [-0.15, -0.1) is 11.3 Å². The molecule has 27 heavy (non-hydrogen) atoms. The Kier molecular flexibility index (Phi) is 6.85. The van der Waals surface area contributed by atoms with E-state index in [4.69, 9.17) is 4.74 Å². The minimum Gasteiger partial charge on any atom is -0.497 e. The monoisotopic (exact) mass is 387 g/mol. The second-order valence-electron chi connectivity index (χ2n) is 7.50. The lowest BCUT2D eigenvalue weighted by Gasteiger charge is -2.37. The maximum atomic E-state index is 12.4. The molecule has 1 saturated heterocycles. The van der Waals surface area contributed by atoms with Crippen LogP contribution in [0.15, 0.2) is 35.8 Å². The number of thiazole rings is 1. The second-order valence-corrected chi connectivity index (χ2v) is 8.43. The summed E-state index contributed by atoms with van der Waals surface area (Å²) in [5, 5.41) is 6.25. The summed E-state index contributed by atoms with van der Waals surface area (Å²) in [7, 11) is 1.70. The summed E-state index contributed by atoms with van der Waals surface area (Å²) < 4.78 is 5.35. The predicted molar refractivity (Wildman–Crippen MR) is 109 cm³/mol. The molecule has 0 unspecified atom stereocenters. The third-order valence-corrected chi connectivity index (χ3v) is 5.95. The molecule has 1 aromatic heterocycles. The van der Waals surface area contributed by atoms with Crippen molar-refractivity contribution in [2.75, 3.05) is 20.2 Å². The van der Waals surface area contributed by atoms with Gasteiger partial charge in [-0.25, -0.2) is 4.98 Å². The average Bonchev–Trinajstić information content (AvgIpc) is 3.20. The molecule has 1 aliphatic rings. The Labute approximate surface area is 165 Å². The summed E-state index contributed by atoms with van der Waals surface area (Å²) in [5.41, 5.74) is 1.26. The van der Waals surface area contributed by atoms with Crippen LogP contribution in [0.2, 0.25) is 0 Å². The van der Waals surface area contributed by atoms with Crippen LogP contribution >= 0.6 is 11.3 Å². The number of ether oxygens (including phenoxy) is 1. The third kappa shape index (κ3) is 5.30. The van der Waals surface area contributed by atoms with Crippen molar-refractivity contribution >= 4 is 17.2 Å². The number of hydrogen-bond acceptors (Lipinski definition) is 5. The molecule has 6 heteroatoms. The number of amides is 1. The first-order chi connectivity index (χ1) is 13.1. The van der Waals surface area contributed by atoms with Crippen molar-refractivity contribution < 1.29 is 9.53 Å². The molecule has 3 rings (SSSR count). The van der Waals surface area contributed by atoms with Gasteiger partial charge in [0.1, 0.15) is 10.8 Å². The summed E-state index contributed by atoms with van der Waals surface area (Å²) in [4.78, 5) is 19.4. The van der Waals surface area contributed by atoms with Crippen LogP contribution in [-0.2, 0) is 11.3 Å². The number of benzene rings is 1. The first-order valence-corrected chi connectivity index (χ1v) is 10.5. The Morgan fingerprint density at radius 1 is 1.44 bits per heavy atom. The minimum atomic E-state index is -0.0241. The smallest absolute Gasteiger partial charge is 0.223 e. The molecule has 2 atom stereocenters. The highest BCUT2D eigenvalue weighted by molar-refractivity contribution is 7.09. The molecule has 2 heterocycles. The lowest BCUT2D eigenvalue weighted by molar-refractivity contribution is -0.125. The molecule has 0 radical (unpaired) electrons. The van der Waals surface area contributed by atoms with Gasteiger partial charge in [0.05, 0.1) is 13.2 Å². The Morgan fingerprint density at radius 2 is 2.30 bits per heavy atom. The van der Waals surface area contributed by atoms with Crippen LogP contribution in [0, 0.1) is 11.8 Å². The van der Waals surface area contributed by atoms with Gasteiger partial charge in [0.2, 0.25) is 5.91 Å². The van der Waals surface area contributed by atoms with E-state index < -0.39 is 0 Å². The van der Waals surface area contributed by atoms with Crippen LogP contribution in [0.25, 0.3) is 0 Å². The van der Waals surface area contributed by atoms with Gasteiger partial charge in [-0.1, -0.05) is 26.0 Å². The fraction of sp³-hybridized carbons (Fsp3) is 0.524. The second kappa shape index (κ2) is 9.33. The van der Waals surface area contributed by atoms with Crippen molar-refractivity contribution in [1.82, 2.24) is 15.2 Å². The maximum absolute atomic E-state index is 12.4. The zero-order valence-corrected chi connectivity index (χ0v) is 17.2. The molecule has 0 saturated carbocycles.